The van der Waals surface area contributed by atoms with Crippen molar-refractivity contribution in [1.82, 2.24) is 9.80 Å². The molecule has 4 bridgehead atoms. The van der Waals surface area contributed by atoms with Crippen molar-refractivity contribution in [2.45, 2.75) is 160 Å². The lowest BCUT2D eigenvalue weighted by atomic mass is 9.42. The van der Waals surface area contributed by atoms with Gasteiger partial charge in [0.25, 0.3) is 0 Å². The number of aliphatic hydroxyl groups is 1. The predicted molar refractivity (Wildman–Crippen MR) is 190 cm³/mol. The van der Waals surface area contributed by atoms with Crippen molar-refractivity contribution in [3.8, 4) is 11.5 Å². The van der Waals surface area contributed by atoms with Crippen LogP contribution in [0.3, 0.4) is 0 Å². The quantitative estimate of drug-likeness (QED) is 0.189. The summed E-state index contributed by atoms with van der Waals surface area (Å²) in [4.78, 5) is 18.6. The lowest BCUT2D eigenvalue weighted by Crippen LogP contribution is -2.66. The van der Waals surface area contributed by atoms with Crippen molar-refractivity contribution >= 4 is 6.09 Å². The van der Waals surface area contributed by atoms with Crippen molar-refractivity contribution in [3.05, 3.63) is 35.4 Å². The smallest absolute Gasteiger partial charge is 0.410 e. The summed E-state index contributed by atoms with van der Waals surface area (Å²) in [5.41, 5.74) is 2.67. The molecule has 266 valence electrons. The van der Waals surface area contributed by atoms with Crippen LogP contribution in [0.15, 0.2) is 24.3 Å². The summed E-state index contributed by atoms with van der Waals surface area (Å²) >= 11 is 0. The zero-order valence-electron chi connectivity index (χ0n) is 30.7. The minimum atomic E-state index is -0.474. The van der Waals surface area contributed by atoms with Crippen LogP contribution < -0.4 is 9.47 Å². The first kappa shape index (κ1) is 34.2. The van der Waals surface area contributed by atoms with Gasteiger partial charge in [0.1, 0.15) is 11.7 Å². The number of nitrogens with zero attached hydrogens (tertiary/aromatic N) is 2. The van der Waals surface area contributed by atoms with Gasteiger partial charge in [0, 0.05) is 30.6 Å². The number of carbonyl (C=O) groups is 1. The molecule has 7 heteroatoms. The van der Waals surface area contributed by atoms with Crippen LogP contribution in [0.5, 0.6) is 11.5 Å². The van der Waals surface area contributed by atoms with Gasteiger partial charge in [-0.05, 0) is 120 Å². The van der Waals surface area contributed by atoms with Crippen LogP contribution in [-0.2, 0) is 16.7 Å². The summed E-state index contributed by atoms with van der Waals surface area (Å²) < 4.78 is 18.3. The minimum absolute atomic E-state index is 0.0265. The lowest BCUT2D eigenvalue weighted by molar-refractivity contribution is -0.157. The van der Waals surface area contributed by atoms with E-state index in [0.717, 1.165) is 75.7 Å². The topological polar surface area (TPSA) is 71.5 Å². The molecule has 5 aliphatic carbocycles. The van der Waals surface area contributed by atoms with Gasteiger partial charge >= 0.3 is 6.09 Å². The first-order chi connectivity index (χ1) is 22.7. The Morgan fingerprint density at radius 3 is 2.42 bits per heavy atom. The second kappa shape index (κ2) is 12.5. The summed E-state index contributed by atoms with van der Waals surface area (Å²) in [6.07, 6.45) is 19.8. The fourth-order valence-corrected chi connectivity index (χ4v) is 12.0. The van der Waals surface area contributed by atoms with Gasteiger partial charge < -0.3 is 24.2 Å². The van der Waals surface area contributed by atoms with Crippen molar-refractivity contribution in [3.63, 3.8) is 0 Å². The Kier molecular flexibility index (Phi) is 8.92. The first-order valence-corrected chi connectivity index (χ1v) is 19.2. The average Bonchev–Trinajstić information content (AvgIpc) is 3.21. The summed E-state index contributed by atoms with van der Waals surface area (Å²) in [7, 11) is 1.71. The molecular weight excluding hydrogens is 600 g/mol. The van der Waals surface area contributed by atoms with E-state index >= 15 is 0 Å². The molecule has 2 unspecified atom stereocenters. The number of unbranched alkanes of at least 4 members (excludes halogenated alkanes) is 5. The number of hydrogen-bond donors (Lipinski definition) is 1. The molecule has 0 radical (unpaired) electrons. The van der Waals surface area contributed by atoms with E-state index in [0.29, 0.717) is 17.3 Å². The third kappa shape index (κ3) is 6.40. The third-order valence-electron chi connectivity index (χ3n) is 12.9. The summed E-state index contributed by atoms with van der Waals surface area (Å²) in [5, 5.41) is 10.4. The van der Waals surface area contributed by atoms with Crippen molar-refractivity contribution < 1.29 is 24.1 Å². The maximum atomic E-state index is 13.8. The summed E-state index contributed by atoms with van der Waals surface area (Å²) in [6.45, 7) is 14.9. The lowest BCUT2D eigenvalue weighted by Gasteiger charge is -2.67. The highest BCUT2D eigenvalue weighted by Gasteiger charge is 2.63. The molecule has 48 heavy (non-hydrogen) atoms. The number of aliphatic hydroxyl groups excluding tert-OH is 1. The Bertz CT molecular complexity index is 1380. The summed E-state index contributed by atoms with van der Waals surface area (Å²) in [6, 6.07) is 4.28. The second-order valence-electron chi connectivity index (χ2n) is 18.6. The largest absolute Gasteiger partial charge is 0.493 e. The first-order valence-electron chi connectivity index (χ1n) is 19.2. The molecule has 7 nitrogen and oxygen atoms in total. The van der Waals surface area contributed by atoms with E-state index in [1.54, 1.807) is 7.11 Å². The van der Waals surface area contributed by atoms with Crippen LogP contribution in [0, 0.1) is 16.7 Å². The van der Waals surface area contributed by atoms with Gasteiger partial charge in [-0.1, -0.05) is 57.7 Å². The fourth-order valence-electron chi connectivity index (χ4n) is 12.0. The standard InChI is InChI=1S/C41H62N2O5/c1-37(2,3)48-36(45)43(40-24-29-22-38(4,27-40)26-39(5,23-29)28-40)19-12-10-8-7-9-11-18-42-20-17-41-16-15-31(44)21-33(41)47-35-32(46-6)14-13-30(25-42)34(35)41/h13-16,29,31,33,44H,7-12,17-28H2,1-6H3/t29?,31-,33-,38?,39?,40?,41-/m0/s1. The van der Waals surface area contributed by atoms with E-state index in [1.807, 2.05) is 26.8 Å². The van der Waals surface area contributed by atoms with Gasteiger partial charge in [-0.25, -0.2) is 4.79 Å². The summed E-state index contributed by atoms with van der Waals surface area (Å²) in [5.74, 6) is 2.44. The number of benzene rings is 1. The monoisotopic (exact) mass is 662 g/mol. The normalized spacial score (nSPS) is 36.3. The van der Waals surface area contributed by atoms with E-state index < -0.39 is 11.7 Å². The van der Waals surface area contributed by atoms with E-state index in [9.17, 15) is 9.90 Å². The molecule has 5 atom stereocenters. The van der Waals surface area contributed by atoms with Gasteiger partial charge in [0.15, 0.2) is 11.5 Å². The average molecular weight is 663 g/mol. The number of carbonyl (C=O) groups excluding carboxylic acids is 1. The Hall–Kier alpha value is -2.25. The molecule has 8 rings (SSSR count). The van der Waals surface area contributed by atoms with Crippen molar-refractivity contribution in [2.75, 3.05) is 26.7 Å². The predicted octanol–water partition coefficient (Wildman–Crippen LogP) is 8.55. The van der Waals surface area contributed by atoms with Gasteiger partial charge in [0.05, 0.1) is 18.6 Å². The molecule has 1 spiro atoms. The molecule has 1 aromatic carbocycles. The van der Waals surface area contributed by atoms with E-state index in [1.165, 1.54) is 62.5 Å². The van der Waals surface area contributed by atoms with E-state index in [-0.39, 0.29) is 23.2 Å². The van der Waals surface area contributed by atoms with Crippen LogP contribution in [0.25, 0.3) is 0 Å². The van der Waals surface area contributed by atoms with E-state index in [2.05, 4.69) is 41.9 Å². The SMILES string of the molecule is COc1ccc2c3c1O[C@H]1C[C@@H](O)C=C[C@@]31CCN(CCCCCCCCN(C(=O)OC(C)(C)C)C13CC4CC(C)(CC(C)(C4)C1)C3)C2. The molecule has 0 aromatic heterocycles. The number of rotatable bonds is 11. The molecule has 0 saturated heterocycles. The van der Waals surface area contributed by atoms with Gasteiger partial charge in [0.2, 0.25) is 0 Å². The zero-order valence-corrected chi connectivity index (χ0v) is 30.7. The Morgan fingerprint density at radius 2 is 1.73 bits per heavy atom. The molecule has 4 saturated carbocycles. The molecule has 4 fully saturated rings. The van der Waals surface area contributed by atoms with E-state index in [4.69, 9.17) is 14.2 Å². The third-order valence-corrected chi connectivity index (χ3v) is 12.9. The number of hydrogen-bond acceptors (Lipinski definition) is 6. The van der Waals surface area contributed by atoms with Crippen molar-refractivity contribution in [2.24, 2.45) is 16.7 Å². The number of amides is 1. The fraction of sp³-hybridized carbons (Fsp3) is 0.780. The van der Waals surface area contributed by atoms with Crippen LogP contribution in [0.2, 0.25) is 0 Å². The van der Waals surface area contributed by atoms with Crippen LogP contribution in [0.4, 0.5) is 4.79 Å². The molecule has 1 N–H and O–H groups in total. The molecule has 1 aromatic rings. The molecule has 2 aliphatic heterocycles. The number of methoxy groups -OCH3 is 1. The molecular formula is C41H62N2O5. The van der Waals surface area contributed by atoms with Gasteiger partial charge in [-0.2, -0.15) is 0 Å². The van der Waals surface area contributed by atoms with Crippen molar-refractivity contribution in [1.29, 1.82) is 0 Å². The molecule has 2 heterocycles. The second-order valence-corrected chi connectivity index (χ2v) is 18.6. The molecule has 7 aliphatic rings. The van der Waals surface area contributed by atoms with Crippen LogP contribution >= 0.6 is 0 Å². The zero-order chi connectivity index (χ0) is 34.0. The number of ether oxygens (including phenoxy) is 3. The van der Waals surface area contributed by atoms with Gasteiger partial charge in [-0.3, -0.25) is 4.90 Å². The Morgan fingerprint density at radius 1 is 1.02 bits per heavy atom. The van der Waals surface area contributed by atoms with Crippen LogP contribution in [-0.4, -0.2) is 71.1 Å². The molecule has 1 amide bonds. The minimum Gasteiger partial charge on any atom is -0.493 e. The highest BCUT2D eigenvalue weighted by atomic mass is 16.6. The maximum Gasteiger partial charge on any atom is 0.410 e. The van der Waals surface area contributed by atoms with Gasteiger partial charge in [-0.15, -0.1) is 0 Å². The highest BCUT2D eigenvalue weighted by molar-refractivity contribution is 5.69. The Labute approximate surface area is 289 Å². The maximum absolute atomic E-state index is 13.8. The highest BCUT2D eigenvalue weighted by Crippen LogP contribution is 2.68. The van der Waals surface area contributed by atoms with Crippen LogP contribution in [0.1, 0.15) is 136 Å². The Balaban J connectivity index is 0.908.